The minimum atomic E-state index is 0. The van der Waals surface area contributed by atoms with Crippen molar-refractivity contribution >= 4 is 0 Å². The fourth-order valence-electron chi connectivity index (χ4n) is 0.300. The number of hydrogen-bond donors (Lipinski definition) is 1. The second-order valence-electron chi connectivity index (χ2n) is 2.74. The molecule has 0 spiro atoms. The third-order valence-electron chi connectivity index (χ3n) is 0.771. The maximum Gasteiger partial charge on any atom is 0.101 e. The standard InChI is InChI=1S/C5H14NO.2ClH.Cr.6H2O/c1-6(2,3)4-5-7;;;;;;;;;/h7H,4-5H2,1-3H3;2*1H;;6*1H2/q+1;;;;;;;;;/p-2. The van der Waals surface area contributed by atoms with E-state index in [2.05, 4.69) is 21.1 Å². The Bertz CT molecular complexity index is 69.2. The van der Waals surface area contributed by atoms with Crippen LogP contribution in [0, 0.1) is 0 Å². The van der Waals surface area contributed by atoms with Crippen LogP contribution in [0.25, 0.3) is 0 Å². The number of nitrogens with zero attached hydrogens (tertiary/aromatic N) is 1. The van der Waals surface area contributed by atoms with Gasteiger partial charge >= 0.3 is 0 Å². The molecule has 0 fully saturated rings. The molecule has 0 aromatic rings. The van der Waals surface area contributed by atoms with Gasteiger partial charge in [-0.15, -0.1) is 0 Å². The van der Waals surface area contributed by atoms with E-state index < -0.39 is 0 Å². The van der Waals surface area contributed by atoms with Crippen molar-refractivity contribution in [1.82, 2.24) is 0 Å². The van der Waals surface area contributed by atoms with Crippen molar-refractivity contribution < 1.29 is 84.6 Å². The Morgan fingerprint density at radius 3 is 0.938 bits per heavy atom. The molecule has 16 heavy (non-hydrogen) atoms. The minimum Gasteiger partial charge on any atom is -1.00 e. The van der Waals surface area contributed by atoms with Crippen LogP contribution in [0.4, 0.5) is 0 Å². The number of aliphatic hydroxyl groups excluding tert-OH is 1. The number of likely N-dealkylation sites (N-methyl/N-ethyl adjacent to an activating group) is 1. The maximum atomic E-state index is 8.39. The van der Waals surface area contributed by atoms with Crippen LogP contribution >= 0.6 is 0 Å². The Balaban J connectivity index is -0.00000000500. The SMILES string of the molecule is C[N+](C)(C)CCO.O.O.O.O.O.O.[Cl-].[Cl-].[Cr]. The van der Waals surface area contributed by atoms with Gasteiger partial charge < -0.3 is 67.3 Å². The first-order valence-corrected chi connectivity index (χ1v) is 2.47. The second-order valence-corrected chi connectivity index (χ2v) is 2.74. The summed E-state index contributed by atoms with van der Waals surface area (Å²) in [6, 6.07) is 0. The summed E-state index contributed by atoms with van der Waals surface area (Å²) in [7, 11) is 6.16. The molecule has 0 saturated heterocycles. The van der Waals surface area contributed by atoms with Crippen molar-refractivity contribution in [2.45, 2.75) is 0 Å². The normalized spacial score (nSPS) is 5.25. The summed E-state index contributed by atoms with van der Waals surface area (Å²) in [5.74, 6) is 0. The topological polar surface area (TPSA) is 209 Å². The molecule has 0 aromatic carbocycles. The molecule has 0 bridgehead atoms. The summed E-state index contributed by atoms with van der Waals surface area (Å²) < 4.78 is 0.844. The van der Waals surface area contributed by atoms with Gasteiger partial charge in [-0.05, 0) is 0 Å². The maximum absolute atomic E-state index is 8.39. The summed E-state index contributed by atoms with van der Waals surface area (Å²) in [6.07, 6.45) is 0. The molecule has 8 nitrogen and oxygen atoms in total. The molecule has 0 saturated carbocycles. The van der Waals surface area contributed by atoms with Crippen molar-refractivity contribution in [1.29, 1.82) is 0 Å². The van der Waals surface area contributed by atoms with Crippen molar-refractivity contribution in [3.8, 4) is 0 Å². The summed E-state index contributed by atoms with van der Waals surface area (Å²) in [6.45, 7) is 1.11. The van der Waals surface area contributed by atoms with E-state index in [9.17, 15) is 0 Å². The number of rotatable bonds is 2. The van der Waals surface area contributed by atoms with Gasteiger partial charge in [0.05, 0.1) is 27.7 Å². The van der Waals surface area contributed by atoms with Gasteiger partial charge in [-0.1, -0.05) is 0 Å². The molecule has 0 aliphatic heterocycles. The molecule has 0 aromatic heterocycles. The summed E-state index contributed by atoms with van der Waals surface area (Å²) in [4.78, 5) is 0. The van der Waals surface area contributed by atoms with Gasteiger partial charge in [-0.2, -0.15) is 0 Å². The monoisotopic (exact) mass is 334 g/mol. The fraction of sp³-hybridized carbons (Fsp3) is 1.00. The largest absolute Gasteiger partial charge is 1.00 e. The predicted molar refractivity (Wildman–Crippen MR) is 51.7 cm³/mol. The van der Waals surface area contributed by atoms with E-state index in [0.29, 0.717) is 0 Å². The zero-order valence-corrected chi connectivity index (χ0v) is 12.3. The molecular formula is C5H26Cl2CrNO7-. The zero-order valence-electron chi connectivity index (χ0n) is 9.47. The van der Waals surface area contributed by atoms with E-state index in [1.807, 2.05) is 0 Å². The predicted octanol–water partition coefficient (Wildman–Crippen LogP) is -11.3. The van der Waals surface area contributed by atoms with E-state index in [-0.39, 0.29) is 81.6 Å². The van der Waals surface area contributed by atoms with Gasteiger partial charge in [0.25, 0.3) is 0 Å². The van der Waals surface area contributed by atoms with Gasteiger partial charge in [-0.25, -0.2) is 0 Å². The van der Waals surface area contributed by atoms with Crippen LogP contribution in [0.3, 0.4) is 0 Å². The summed E-state index contributed by atoms with van der Waals surface area (Å²) in [5.41, 5.74) is 0. The van der Waals surface area contributed by atoms with Crippen molar-refractivity contribution in [3.63, 3.8) is 0 Å². The van der Waals surface area contributed by atoms with E-state index in [1.165, 1.54) is 0 Å². The molecule has 0 unspecified atom stereocenters. The van der Waals surface area contributed by atoms with Gasteiger partial charge in [0.2, 0.25) is 0 Å². The molecule has 13 N–H and O–H groups in total. The quantitative estimate of drug-likeness (QED) is 0.479. The molecule has 0 rings (SSSR count). The van der Waals surface area contributed by atoms with Gasteiger partial charge in [-0.3, -0.25) is 0 Å². The molecule has 11 heteroatoms. The van der Waals surface area contributed by atoms with Crippen molar-refractivity contribution in [2.24, 2.45) is 0 Å². The summed E-state index contributed by atoms with van der Waals surface area (Å²) >= 11 is 0. The molecule has 0 aliphatic carbocycles. The Morgan fingerprint density at radius 1 is 0.750 bits per heavy atom. The average Bonchev–Trinajstić information content (AvgIpc) is 1.30. The Kier molecular flexibility index (Phi) is 254. The van der Waals surface area contributed by atoms with E-state index in [1.54, 1.807) is 0 Å². The smallest absolute Gasteiger partial charge is 0.101 e. The number of halogens is 2. The van der Waals surface area contributed by atoms with Gasteiger partial charge in [0.1, 0.15) is 6.54 Å². The molecule has 0 amide bonds. The average molecular weight is 335 g/mol. The molecule has 0 aliphatic rings. The van der Waals surface area contributed by atoms with Gasteiger partial charge in [0, 0.05) is 17.4 Å². The molecule has 0 atom stereocenters. The Hall–Kier alpha value is 0.792. The number of quaternary nitrogens is 1. The van der Waals surface area contributed by atoms with E-state index in [4.69, 9.17) is 5.11 Å². The third kappa shape index (κ3) is 123. The molecule has 0 heterocycles. The first kappa shape index (κ1) is 90.8. The van der Waals surface area contributed by atoms with Crippen molar-refractivity contribution in [3.05, 3.63) is 0 Å². The van der Waals surface area contributed by atoms with Crippen LogP contribution in [0.5, 0.6) is 0 Å². The molecular weight excluding hydrogens is 309 g/mol. The first-order valence-electron chi connectivity index (χ1n) is 2.47. The number of hydrogen-bond acceptors (Lipinski definition) is 1. The van der Waals surface area contributed by atoms with Crippen LogP contribution in [0.1, 0.15) is 0 Å². The van der Waals surface area contributed by atoms with Crippen LogP contribution in [-0.2, 0) is 17.4 Å². The van der Waals surface area contributed by atoms with Gasteiger partial charge in [0.15, 0.2) is 0 Å². The first-order chi connectivity index (χ1) is 3.06. The van der Waals surface area contributed by atoms with E-state index >= 15 is 0 Å². The second kappa shape index (κ2) is 44.7. The molecule has 114 valence electrons. The minimum absolute atomic E-state index is 0. The van der Waals surface area contributed by atoms with Crippen LogP contribution in [-0.4, -0.2) is 76.7 Å². The van der Waals surface area contributed by atoms with Crippen molar-refractivity contribution in [2.75, 3.05) is 34.3 Å². The summed E-state index contributed by atoms with van der Waals surface area (Å²) in [5, 5.41) is 8.39. The van der Waals surface area contributed by atoms with Crippen LogP contribution in [0.2, 0.25) is 0 Å². The van der Waals surface area contributed by atoms with E-state index in [0.717, 1.165) is 11.0 Å². The Labute approximate surface area is 119 Å². The fourth-order valence-corrected chi connectivity index (χ4v) is 0.300. The zero-order chi connectivity index (χ0) is 5.91. The Morgan fingerprint density at radius 2 is 0.938 bits per heavy atom. The number of aliphatic hydroxyl groups is 1. The van der Waals surface area contributed by atoms with Crippen LogP contribution < -0.4 is 24.8 Å². The third-order valence-corrected chi connectivity index (χ3v) is 0.771. The molecule has 0 radical (unpaired) electrons. The van der Waals surface area contributed by atoms with Crippen LogP contribution in [0.15, 0.2) is 0 Å².